The molecule has 12 heavy (non-hydrogen) atoms. The average Bonchev–Trinajstić information content (AvgIpc) is 2.37. The molecule has 1 aromatic rings. The zero-order chi connectivity index (χ0) is 9.14. The number of nitrogens with zero attached hydrogens (tertiary/aromatic N) is 1. The lowest BCUT2D eigenvalue weighted by molar-refractivity contribution is -0.111. The molecule has 4 heteroatoms. The van der Waals surface area contributed by atoms with Crippen LogP contribution in [0.5, 0.6) is 0 Å². The lowest BCUT2D eigenvalue weighted by atomic mass is 10.2. The Morgan fingerprint density at radius 3 is 2.58 bits per heavy atom. The van der Waals surface area contributed by atoms with E-state index in [2.05, 4.69) is 4.98 Å². The molecule has 0 bridgehead atoms. The highest BCUT2D eigenvalue weighted by Gasteiger charge is 2.12. The molecule has 0 saturated heterocycles. The van der Waals surface area contributed by atoms with E-state index >= 15 is 0 Å². The number of rotatable bonds is 2. The first-order valence-corrected chi connectivity index (χ1v) is 4.31. The van der Waals surface area contributed by atoms with Crippen molar-refractivity contribution in [1.29, 1.82) is 0 Å². The van der Waals surface area contributed by atoms with Gasteiger partial charge < -0.3 is 5.11 Å². The maximum Gasteiger partial charge on any atom is 0.166 e. The van der Waals surface area contributed by atoms with Gasteiger partial charge in [0.05, 0.1) is 5.57 Å². The van der Waals surface area contributed by atoms with Gasteiger partial charge in [0.25, 0.3) is 0 Å². The standard InChI is InChI=1S/C8H9NO2S/c1-5(10)7(6(2)11)8-9-3-4-12-8/h3-4,10H,1-2H3/b7-5+. The van der Waals surface area contributed by atoms with Crippen LogP contribution in [0.1, 0.15) is 18.9 Å². The highest BCUT2D eigenvalue weighted by molar-refractivity contribution is 7.11. The number of hydrogen-bond acceptors (Lipinski definition) is 4. The third kappa shape index (κ3) is 1.71. The molecule has 64 valence electrons. The van der Waals surface area contributed by atoms with Crippen molar-refractivity contribution in [2.45, 2.75) is 13.8 Å². The van der Waals surface area contributed by atoms with Crippen molar-refractivity contribution in [3.63, 3.8) is 0 Å². The molecule has 0 aliphatic heterocycles. The summed E-state index contributed by atoms with van der Waals surface area (Å²) in [4.78, 5) is 15.0. The number of allylic oxidation sites excluding steroid dienone is 2. The predicted octanol–water partition coefficient (Wildman–Crippen LogP) is 2.02. The minimum Gasteiger partial charge on any atom is -0.512 e. The summed E-state index contributed by atoms with van der Waals surface area (Å²) in [7, 11) is 0. The Kier molecular flexibility index (Phi) is 2.60. The van der Waals surface area contributed by atoms with E-state index in [1.165, 1.54) is 25.2 Å². The van der Waals surface area contributed by atoms with E-state index in [0.29, 0.717) is 10.6 Å². The average molecular weight is 183 g/mol. The fourth-order valence-electron chi connectivity index (χ4n) is 0.907. The molecular formula is C8H9NO2S. The number of carbonyl (C=O) groups excluding carboxylic acids is 1. The summed E-state index contributed by atoms with van der Waals surface area (Å²) >= 11 is 1.34. The van der Waals surface area contributed by atoms with Crippen molar-refractivity contribution in [2.24, 2.45) is 0 Å². The summed E-state index contributed by atoms with van der Waals surface area (Å²) in [6.45, 7) is 2.90. The van der Waals surface area contributed by atoms with Gasteiger partial charge in [-0.25, -0.2) is 4.98 Å². The van der Waals surface area contributed by atoms with E-state index in [1.807, 2.05) is 0 Å². The van der Waals surface area contributed by atoms with Gasteiger partial charge >= 0.3 is 0 Å². The lowest BCUT2D eigenvalue weighted by Gasteiger charge is -1.99. The monoisotopic (exact) mass is 183 g/mol. The second-order valence-corrected chi connectivity index (χ2v) is 3.25. The van der Waals surface area contributed by atoms with E-state index in [4.69, 9.17) is 0 Å². The summed E-state index contributed by atoms with van der Waals surface area (Å²) < 4.78 is 0. The minimum atomic E-state index is -0.162. The molecule has 0 unspecified atom stereocenters. The summed E-state index contributed by atoms with van der Waals surface area (Å²) in [5.41, 5.74) is 0.310. The lowest BCUT2D eigenvalue weighted by Crippen LogP contribution is -1.98. The summed E-state index contributed by atoms with van der Waals surface area (Å²) in [5.74, 6) is -0.137. The summed E-state index contributed by atoms with van der Waals surface area (Å²) in [6, 6.07) is 0. The zero-order valence-corrected chi connectivity index (χ0v) is 7.68. The molecule has 1 aromatic heterocycles. The number of aliphatic hydroxyl groups is 1. The Hall–Kier alpha value is -1.16. The molecule has 0 aliphatic rings. The molecule has 0 aromatic carbocycles. The van der Waals surface area contributed by atoms with Crippen LogP contribution in [0.25, 0.3) is 5.57 Å². The Morgan fingerprint density at radius 2 is 2.25 bits per heavy atom. The normalized spacial score (nSPS) is 12.5. The molecule has 1 heterocycles. The van der Waals surface area contributed by atoms with Gasteiger partial charge in [-0.15, -0.1) is 11.3 Å². The van der Waals surface area contributed by atoms with Gasteiger partial charge in [-0.2, -0.15) is 0 Å². The molecule has 0 amide bonds. The number of thiazole rings is 1. The molecule has 1 N–H and O–H groups in total. The van der Waals surface area contributed by atoms with Gasteiger partial charge in [-0.05, 0) is 13.8 Å². The van der Waals surface area contributed by atoms with Gasteiger partial charge in [0.2, 0.25) is 0 Å². The van der Waals surface area contributed by atoms with Crippen LogP contribution in [0.4, 0.5) is 0 Å². The fourth-order valence-corrected chi connectivity index (χ4v) is 1.69. The Morgan fingerprint density at radius 1 is 1.58 bits per heavy atom. The quantitative estimate of drug-likeness (QED) is 0.563. The van der Waals surface area contributed by atoms with Crippen molar-refractivity contribution in [3.05, 3.63) is 22.3 Å². The zero-order valence-electron chi connectivity index (χ0n) is 6.87. The maximum atomic E-state index is 11.0. The minimum absolute atomic E-state index is 0.0254. The highest BCUT2D eigenvalue weighted by atomic mass is 32.1. The van der Waals surface area contributed by atoms with E-state index in [-0.39, 0.29) is 11.5 Å². The fraction of sp³-hybridized carbons (Fsp3) is 0.250. The van der Waals surface area contributed by atoms with Crippen LogP contribution in [-0.4, -0.2) is 15.9 Å². The molecule has 3 nitrogen and oxygen atoms in total. The third-order valence-electron chi connectivity index (χ3n) is 1.36. The van der Waals surface area contributed by atoms with Gasteiger partial charge in [0, 0.05) is 11.6 Å². The third-order valence-corrected chi connectivity index (χ3v) is 2.15. The van der Waals surface area contributed by atoms with Crippen molar-refractivity contribution >= 4 is 22.7 Å². The van der Waals surface area contributed by atoms with Crippen LogP contribution in [0, 0.1) is 0 Å². The topological polar surface area (TPSA) is 50.2 Å². The maximum absolute atomic E-state index is 11.0. The van der Waals surface area contributed by atoms with E-state index < -0.39 is 0 Å². The summed E-state index contributed by atoms with van der Waals surface area (Å²) in [6.07, 6.45) is 1.60. The Bertz CT molecular complexity index is 310. The SMILES string of the molecule is CC(=O)/C(=C(/C)O)c1nccs1. The predicted molar refractivity (Wildman–Crippen MR) is 48.0 cm³/mol. The van der Waals surface area contributed by atoms with Crippen molar-refractivity contribution in [1.82, 2.24) is 4.98 Å². The van der Waals surface area contributed by atoms with Crippen molar-refractivity contribution in [2.75, 3.05) is 0 Å². The molecule has 1 rings (SSSR count). The molecule has 0 fully saturated rings. The van der Waals surface area contributed by atoms with Crippen LogP contribution in [0.15, 0.2) is 17.3 Å². The second-order valence-electron chi connectivity index (χ2n) is 2.35. The molecule has 0 saturated carbocycles. The number of ketones is 1. The molecule has 0 radical (unpaired) electrons. The van der Waals surface area contributed by atoms with Crippen molar-refractivity contribution in [3.8, 4) is 0 Å². The van der Waals surface area contributed by atoms with Gasteiger partial charge in [-0.1, -0.05) is 0 Å². The molecular weight excluding hydrogens is 174 g/mol. The number of aromatic nitrogens is 1. The van der Waals surface area contributed by atoms with Gasteiger partial charge in [0.1, 0.15) is 10.8 Å². The first kappa shape index (κ1) is 8.93. The van der Waals surface area contributed by atoms with Crippen LogP contribution >= 0.6 is 11.3 Å². The van der Waals surface area contributed by atoms with Crippen LogP contribution in [0.2, 0.25) is 0 Å². The smallest absolute Gasteiger partial charge is 0.166 e. The number of hydrogen-bond donors (Lipinski definition) is 1. The number of aliphatic hydroxyl groups excluding tert-OH is 1. The van der Waals surface area contributed by atoms with Gasteiger partial charge in [0.15, 0.2) is 5.78 Å². The van der Waals surface area contributed by atoms with Crippen molar-refractivity contribution < 1.29 is 9.90 Å². The van der Waals surface area contributed by atoms with Crippen LogP contribution < -0.4 is 0 Å². The number of Topliss-reactive ketones (excluding diaryl/α,β-unsaturated/α-hetero) is 1. The molecule has 0 aliphatic carbocycles. The van der Waals surface area contributed by atoms with Crippen LogP contribution in [-0.2, 0) is 4.79 Å². The molecule has 0 spiro atoms. The highest BCUT2D eigenvalue weighted by Crippen LogP contribution is 2.20. The first-order valence-electron chi connectivity index (χ1n) is 3.43. The molecule has 0 atom stereocenters. The van der Waals surface area contributed by atoms with Crippen LogP contribution in [0.3, 0.4) is 0 Å². The second kappa shape index (κ2) is 3.49. The summed E-state index contributed by atoms with van der Waals surface area (Å²) in [5, 5.41) is 11.5. The number of carbonyl (C=O) groups is 1. The first-order chi connectivity index (χ1) is 5.63. The van der Waals surface area contributed by atoms with Gasteiger partial charge in [-0.3, -0.25) is 4.79 Å². The Labute approximate surface area is 74.4 Å². The van der Waals surface area contributed by atoms with E-state index in [1.54, 1.807) is 11.6 Å². The van der Waals surface area contributed by atoms with E-state index in [9.17, 15) is 9.90 Å². The largest absolute Gasteiger partial charge is 0.512 e. The Balaban J connectivity index is 3.15. The van der Waals surface area contributed by atoms with E-state index in [0.717, 1.165) is 0 Å².